The molecule has 114 valence electrons. The van der Waals surface area contributed by atoms with Crippen molar-refractivity contribution in [2.24, 2.45) is 0 Å². The molecule has 0 aliphatic carbocycles. The number of rotatable bonds is 3. The second kappa shape index (κ2) is 5.49. The summed E-state index contributed by atoms with van der Waals surface area (Å²) in [6, 6.07) is 9.40. The summed E-state index contributed by atoms with van der Waals surface area (Å²) in [5, 5.41) is 0.955. The predicted octanol–water partition coefficient (Wildman–Crippen LogP) is 4.87. The average Bonchev–Trinajstić information content (AvgIpc) is 2.94. The Morgan fingerprint density at radius 1 is 1.05 bits per heavy atom. The molecule has 0 aliphatic heterocycles. The molecule has 7 heteroatoms. The van der Waals surface area contributed by atoms with E-state index in [4.69, 9.17) is 4.74 Å². The van der Waals surface area contributed by atoms with Crippen LogP contribution in [0.5, 0.6) is 11.5 Å². The second-order valence-corrected chi connectivity index (χ2v) is 5.26. The van der Waals surface area contributed by atoms with Crippen molar-refractivity contribution in [2.75, 3.05) is 7.11 Å². The third-order valence-electron chi connectivity index (χ3n) is 3.08. The maximum Gasteiger partial charge on any atom is 0.573 e. The van der Waals surface area contributed by atoms with Crippen molar-refractivity contribution in [1.82, 2.24) is 4.37 Å². The van der Waals surface area contributed by atoms with Gasteiger partial charge in [-0.15, -0.1) is 13.2 Å². The minimum Gasteiger partial charge on any atom is -0.496 e. The highest BCUT2D eigenvalue weighted by Crippen LogP contribution is 2.39. The summed E-state index contributed by atoms with van der Waals surface area (Å²) in [4.78, 5) is 0. The van der Waals surface area contributed by atoms with Crippen LogP contribution in [0.25, 0.3) is 21.2 Å². The van der Waals surface area contributed by atoms with Gasteiger partial charge in [0.05, 0.1) is 11.8 Å². The number of benzene rings is 2. The summed E-state index contributed by atoms with van der Waals surface area (Å²) in [7, 11) is 1.55. The summed E-state index contributed by atoms with van der Waals surface area (Å²) >= 11 is 1.31. The maximum atomic E-state index is 12.2. The molecule has 0 bridgehead atoms. The van der Waals surface area contributed by atoms with Crippen LogP contribution in [0, 0.1) is 0 Å². The number of nitrogens with zero attached hydrogens (tertiary/aromatic N) is 1. The van der Waals surface area contributed by atoms with Gasteiger partial charge in [0.2, 0.25) is 0 Å². The fourth-order valence-corrected chi connectivity index (χ4v) is 2.99. The Hall–Kier alpha value is -2.28. The molecular weight excluding hydrogens is 315 g/mol. The highest BCUT2D eigenvalue weighted by atomic mass is 32.1. The molecular formula is C15H10F3NO2S. The van der Waals surface area contributed by atoms with Crippen molar-refractivity contribution < 1.29 is 22.6 Å². The number of hydrogen-bond donors (Lipinski definition) is 0. The normalized spacial score (nSPS) is 11.6. The highest BCUT2D eigenvalue weighted by Gasteiger charge is 2.31. The minimum atomic E-state index is -4.70. The molecule has 22 heavy (non-hydrogen) atoms. The Kier molecular flexibility index (Phi) is 3.66. The first-order valence-corrected chi connectivity index (χ1v) is 7.03. The summed E-state index contributed by atoms with van der Waals surface area (Å²) < 4.78 is 50.9. The highest BCUT2D eigenvalue weighted by molar-refractivity contribution is 7.14. The van der Waals surface area contributed by atoms with Gasteiger partial charge in [-0.1, -0.05) is 12.1 Å². The Morgan fingerprint density at radius 2 is 1.77 bits per heavy atom. The van der Waals surface area contributed by atoms with E-state index in [2.05, 4.69) is 9.11 Å². The van der Waals surface area contributed by atoms with Crippen molar-refractivity contribution in [3.8, 4) is 22.6 Å². The zero-order valence-corrected chi connectivity index (χ0v) is 12.2. The van der Waals surface area contributed by atoms with Crippen molar-refractivity contribution in [3.05, 3.63) is 42.6 Å². The van der Waals surface area contributed by atoms with Gasteiger partial charge < -0.3 is 9.47 Å². The summed E-state index contributed by atoms with van der Waals surface area (Å²) in [6.07, 6.45) is -2.96. The zero-order valence-electron chi connectivity index (χ0n) is 11.3. The molecule has 0 atom stereocenters. The Labute approximate surface area is 128 Å². The Balaban J connectivity index is 2.05. The van der Waals surface area contributed by atoms with Crippen LogP contribution in [0.15, 0.2) is 42.6 Å². The predicted molar refractivity (Wildman–Crippen MR) is 78.3 cm³/mol. The molecule has 3 nitrogen and oxygen atoms in total. The van der Waals surface area contributed by atoms with Gasteiger partial charge in [0.15, 0.2) is 0 Å². The number of ether oxygens (including phenoxy) is 2. The van der Waals surface area contributed by atoms with E-state index in [1.54, 1.807) is 25.4 Å². The van der Waals surface area contributed by atoms with Gasteiger partial charge in [0.1, 0.15) is 11.5 Å². The van der Waals surface area contributed by atoms with E-state index in [1.807, 2.05) is 12.1 Å². The zero-order chi connectivity index (χ0) is 15.7. The van der Waals surface area contributed by atoms with Crippen molar-refractivity contribution in [3.63, 3.8) is 0 Å². The molecule has 1 heterocycles. The van der Waals surface area contributed by atoms with Crippen LogP contribution >= 0.6 is 11.5 Å². The molecule has 0 saturated carbocycles. The van der Waals surface area contributed by atoms with E-state index in [0.717, 1.165) is 21.2 Å². The molecule has 3 aromatic rings. The molecule has 1 aromatic heterocycles. The van der Waals surface area contributed by atoms with Gasteiger partial charge in [-0.3, -0.25) is 0 Å². The summed E-state index contributed by atoms with van der Waals surface area (Å²) in [5.41, 5.74) is 1.54. The van der Waals surface area contributed by atoms with Gasteiger partial charge in [-0.05, 0) is 41.4 Å². The molecule has 0 saturated heterocycles. The van der Waals surface area contributed by atoms with Gasteiger partial charge in [0.25, 0.3) is 0 Å². The molecule has 0 aliphatic rings. The van der Waals surface area contributed by atoms with Gasteiger partial charge in [-0.25, -0.2) is 0 Å². The number of aromatic nitrogens is 1. The third-order valence-corrected chi connectivity index (χ3v) is 3.92. The molecule has 0 fully saturated rings. The van der Waals surface area contributed by atoms with E-state index >= 15 is 0 Å². The van der Waals surface area contributed by atoms with Crippen molar-refractivity contribution in [1.29, 1.82) is 0 Å². The Bertz CT molecular complexity index is 797. The van der Waals surface area contributed by atoms with Crippen LogP contribution in [0.1, 0.15) is 0 Å². The largest absolute Gasteiger partial charge is 0.573 e. The van der Waals surface area contributed by atoms with Crippen LogP contribution in [0.2, 0.25) is 0 Å². The van der Waals surface area contributed by atoms with E-state index in [-0.39, 0.29) is 5.75 Å². The maximum absolute atomic E-state index is 12.2. The van der Waals surface area contributed by atoms with Crippen LogP contribution in [-0.2, 0) is 0 Å². The Morgan fingerprint density at radius 3 is 2.41 bits per heavy atom. The lowest BCUT2D eigenvalue weighted by molar-refractivity contribution is -0.274. The summed E-state index contributed by atoms with van der Waals surface area (Å²) in [6.45, 7) is 0. The molecule has 0 N–H and O–H groups in total. The number of fused-ring (bicyclic) bond motifs is 1. The molecule has 2 aromatic carbocycles. The number of methoxy groups -OCH3 is 1. The smallest absolute Gasteiger partial charge is 0.496 e. The van der Waals surface area contributed by atoms with Gasteiger partial charge in [-0.2, -0.15) is 4.37 Å². The van der Waals surface area contributed by atoms with E-state index in [1.165, 1.54) is 23.7 Å². The van der Waals surface area contributed by atoms with Crippen LogP contribution < -0.4 is 9.47 Å². The molecule has 3 rings (SSSR count). The minimum absolute atomic E-state index is 0.258. The lowest BCUT2D eigenvalue weighted by atomic mass is 10.0. The third kappa shape index (κ3) is 2.85. The average molecular weight is 325 g/mol. The van der Waals surface area contributed by atoms with E-state index in [0.29, 0.717) is 5.75 Å². The standard InChI is InChI=1S/C15H10F3NO2S/c1-20-12-7-4-10-8-19-22-14(10)13(12)9-2-5-11(6-3-9)21-15(16,17)18/h2-8H,1H3. The fourth-order valence-electron chi connectivity index (χ4n) is 2.18. The van der Waals surface area contributed by atoms with Gasteiger partial charge in [0, 0.05) is 17.1 Å². The molecule has 0 radical (unpaired) electrons. The molecule has 0 amide bonds. The fraction of sp³-hybridized carbons (Fsp3) is 0.133. The van der Waals surface area contributed by atoms with Crippen LogP contribution in [0.3, 0.4) is 0 Å². The second-order valence-electron chi connectivity index (χ2n) is 4.46. The van der Waals surface area contributed by atoms with Crippen molar-refractivity contribution in [2.45, 2.75) is 6.36 Å². The van der Waals surface area contributed by atoms with E-state index in [9.17, 15) is 13.2 Å². The first-order chi connectivity index (χ1) is 10.5. The number of halogens is 3. The SMILES string of the molecule is COc1ccc2cnsc2c1-c1ccc(OC(F)(F)F)cc1. The summed E-state index contributed by atoms with van der Waals surface area (Å²) in [5.74, 6) is 0.382. The van der Waals surface area contributed by atoms with Crippen LogP contribution in [-0.4, -0.2) is 17.8 Å². The first kappa shape index (κ1) is 14.6. The van der Waals surface area contributed by atoms with Crippen molar-refractivity contribution >= 4 is 21.6 Å². The van der Waals surface area contributed by atoms with E-state index < -0.39 is 6.36 Å². The number of hydrogen-bond acceptors (Lipinski definition) is 4. The topological polar surface area (TPSA) is 31.4 Å². The lowest BCUT2D eigenvalue weighted by Crippen LogP contribution is -2.16. The lowest BCUT2D eigenvalue weighted by Gasteiger charge is -2.12. The quantitative estimate of drug-likeness (QED) is 0.688. The number of alkyl halides is 3. The molecule has 0 spiro atoms. The van der Waals surface area contributed by atoms with Crippen LogP contribution in [0.4, 0.5) is 13.2 Å². The monoisotopic (exact) mass is 325 g/mol. The van der Waals surface area contributed by atoms with Gasteiger partial charge >= 0.3 is 6.36 Å². The first-order valence-electron chi connectivity index (χ1n) is 6.25. The molecule has 0 unspecified atom stereocenters.